The van der Waals surface area contributed by atoms with Gasteiger partial charge >= 0.3 is 0 Å². The van der Waals surface area contributed by atoms with Gasteiger partial charge in [0.15, 0.2) is 5.69 Å². The maximum atomic E-state index is 14.6. The van der Waals surface area contributed by atoms with Gasteiger partial charge in [-0.15, -0.1) is 0 Å². The maximum Gasteiger partial charge on any atom is 0.249 e. The summed E-state index contributed by atoms with van der Waals surface area (Å²) in [5.74, 6) is -1.25. The number of nitriles is 1. The summed E-state index contributed by atoms with van der Waals surface area (Å²) >= 11 is 0. The molecule has 1 aromatic carbocycles. The standard InChI is InChI=1S/C22H19F2N5O3/c23-16-4-15(17(24)3-13(16)8-30)18-1-2-28-29(18)20(31)22-9-21(10-22,11-22)12-32-19-7-26-14(5-25)6-27-19/h2-4,6-7,18,30H,1,8-12H2/t18-,21?,22?/m0/s1. The van der Waals surface area contributed by atoms with Crippen molar-refractivity contribution >= 4 is 12.1 Å². The summed E-state index contributed by atoms with van der Waals surface area (Å²) in [5.41, 5.74) is -0.550. The van der Waals surface area contributed by atoms with Crippen molar-refractivity contribution in [1.29, 1.82) is 5.26 Å². The third kappa shape index (κ3) is 3.12. The normalized spacial score (nSPS) is 27.4. The Kier molecular flexibility index (Phi) is 4.67. The highest BCUT2D eigenvalue weighted by atomic mass is 19.1. The molecular weight excluding hydrogens is 420 g/mol. The Morgan fingerprint density at radius 1 is 1.25 bits per heavy atom. The van der Waals surface area contributed by atoms with Crippen LogP contribution in [-0.2, 0) is 11.4 Å². The number of aromatic nitrogens is 2. The number of aliphatic hydroxyl groups excluding tert-OH is 1. The number of hydrazone groups is 1. The van der Waals surface area contributed by atoms with Crippen LogP contribution in [0, 0.1) is 33.8 Å². The van der Waals surface area contributed by atoms with Gasteiger partial charge in [0, 0.05) is 29.2 Å². The summed E-state index contributed by atoms with van der Waals surface area (Å²) in [6.45, 7) is -0.216. The van der Waals surface area contributed by atoms with Crippen LogP contribution in [0.2, 0.25) is 0 Å². The minimum absolute atomic E-state index is 0.0505. The van der Waals surface area contributed by atoms with Crippen molar-refractivity contribution in [2.24, 2.45) is 15.9 Å². The zero-order valence-electron chi connectivity index (χ0n) is 17.0. The zero-order chi connectivity index (χ0) is 22.5. The van der Waals surface area contributed by atoms with Gasteiger partial charge in [0.2, 0.25) is 11.8 Å². The number of ether oxygens (including phenoxy) is 1. The predicted molar refractivity (Wildman–Crippen MR) is 106 cm³/mol. The lowest BCUT2D eigenvalue weighted by Gasteiger charge is -2.69. The summed E-state index contributed by atoms with van der Waals surface area (Å²) in [4.78, 5) is 21.2. The molecule has 164 valence electrons. The van der Waals surface area contributed by atoms with E-state index in [0.717, 1.165) is 12.1 Å². The molecule has 0 saturated heterocycles. The Morgan fingerprint density at radius 2 is 2.03 bits per heavy atom. The molecule has 4 aliphatic rings. The number of halogens is 2. The molecule has 2 aromatic rings. The number of carbonyl (C=O) groups is 1. The van der Waals surface area contributed by atoms with Crippen LogP contribution in [0.1, 0.15) is 48.5 Å². The van der Waals surface area contributed by atoms with E-state index in [4.69, 9.17) is 15.1 Å². The number of benzene rings is 1. The van der Waals surface area contributed by atoms with Gasteiger partial charge in [-0.1, -0.05) is 0 Å². The van der Waals surface area contributed by atoms with Crippen molar-refractivity contribution in [3.05, 3.63) is 53.0 Å². The second-order valence-electron chi connectivity index (χ2n) is 8.77. The van der Waals surface area contributed by atoms with Crippen LogP contribution in [0.25, 0.3) is 0 Å². The third-order valence-corrected chi connectivity index (χ3v) is 6.60. The third-order valence-electron chi connectivity index (χ3n) is 6.60. The largest absolute Gasteiger partial charge is 0.476 e. The first-order valence-electron chi connectivity index (χ1n) is 10.2. The molecule has 2 bridgehead atoms. The predicted octanol–water partition coefficient (Wildman–Crippen LogP) is 2.63. The molecule has 6 rings (SSSR count). The number of nitrogens with zero attached hydrogens (tertiary/aromatic N) is 5. The summed E-state index contributed by atoms with van der Waals surface area (Å²) in [6.07, 6.45) is 6.44. The Balaban J connectivity index is 1.24. The van der Waals surface area contributed by atoms with Crippen LogP contribution in [0.15, 0.2) is 29.6 Å². The molecule has 0 spiro atoms. The molecule has 8 nitrogen and oxygen atoms in total. The summed E-state index contributed by atoms with van der Waals surface area (Å²) in [7, 11) is 0. The van der Waals surface area contributed by atoms with Gasteiger partial charge in [0.05, 0.1) is 37.1 Å². The highest BCUT2D eigenvalue weighted by molar-refractivity contribution is 5.88. The monoisotopic (exact) mass is 439 g/mol. The molecule has 10 heteroatoms. The number of amides is 1. The number of hydrogen-bond donors (Lipinski definition) is 1. The molecule has 0 unspecified atom stereocenters. The van der Waals surface area contributed by atoms with Gasteiger partial charge < -0.3 is 9.84 Å². The van der Waals surface area contributed by atoms with Crippen LogP contribution in [0.3, 0.4) is 0 Å². The summed E-state index contributed by atoms with van der Waals surface area (Å²) in [6, 6.07) is 3.18. The van der Waals surface area contributed by atoms with E-state index in [1.165, 1.54) is 23.6 Å². The number of aliphatic hydroxyl groups is 1. The molecule has 0 radical (unpaired) electrons. The van der Waals surface area contributed by atoms with Crippen molar-refractivity contribution in [3.8, 4) is 11.9 Å². The average molecular weight is 439 g/mol. The molecule has 1 aromatic heterocycles. The van der Waals surface area contributed by atoms with Gasteiger partial charge in [0.25, 0.3) is 0 Å². The smallest absolute Gasteiger partial charge is 0.249 e. The van der Waals surface area contributed by atoms with E-state index < -0.39 is 29.7 Å². The molecule has 2 heterocycles. The van der Waals surface area contributed by atoms with Crippen LogP contribution >= 0.6 is 0 Å². The first-order chi connectivity index (χ1) is 15.4. The number of rotatable bonds is 6. The highest BCUT2D eigenvalue weighted by Gasteiger charge is 2.73. The average Bonchev–Trinajstić information content (AvgIpc) is 3.23. The molecule has 3 aliphatic carbocycles. The van der Waals surface area contributed by atoms with E-state index in [1.807, 2.05) is 6.07 Å². The Hall–Kier alpha value is -3.45. The van der Waals surface area contributed by atoms with Crippen molar-refractivity contribution in [1.82, 2.24) is 15.0 Å². The van der Waals surface area contributed by atoms with E-state index in [0.29, 0.717) is 38.2 Å². The first kappa shape index (κ1) is 20.5. The van der Waals surface area contributed by atoms with E-state index in [2.05, 4.69) is 15.1 Å². The van der Waals surface area contributed by atoms with Crippen LogP contribution in [-0.4, -0.2) is 38.8 Å². The molecule has 1 aliphatic heterocycles. The van der Waals surface area contributed by atoms with Gasteiger partial charge in [0.1, 0.15) is 17.7 Å². The van der Waals surface area contributed by atoms with Gasteiger partial charge in [-0.25, -0.2) is 23.8 Å². The van der Waals surface area contributed by atoms with Crippen LogP contribution in [0.4, 0.5) is 8.78 Å². The highest BCUT2D eigenvalue weighted by Crippen LogP contribution is 2.74. The molecular formula is C22H19F2N5O3. The topological polar surface area (TPSA) is 112 Å². The number of hydrogen-bond acceptors (Lipinski definition) is 7. The first-order valence-corrected chi connectivity index (χ1v) is 10.2. The Labute approximate surface area is 182 Å². The minimum Gasteiger partial charge on any atom is -0.476 e. The van der Waals surface area contributed by atoms with Crippen molar-refractivity contribution in [3.63, 3.8) is 0 Å². The Morgan fingerprint density at radius 3 is 2.69 bits per heavy atom. The molecule has 1 amide bonds. The van der Waals surface area contributed by atoms with Crippen LogP contribution < -0.4 is 4.74 Å². The summed E-state index contributed by atoms with van der Waals surface area (Å²) in [5, 5.41) is 23.3. The molecule has 1 atom stereocenters. The summed E-state index contributed by atoms with van der Waals surface area (Å²) < 4.78 is 34.4. The zero-order valence-corrected chi connectivity index (χ0v) is 17.0. The quantitative estimate of drug-likeness (QED) is 0.741. The van der Waals surface area contributed by atoms with E-state index in [9.17, 15) is 13.6 Å². The Bertz CT molecular complexity index is 1140. The molecule has 32 heavy (non-hydrogen) atoms. The molecule has 3 fully saturated rings. The molecule has 1 N–H and O–H groups in total. The van der Waals surface area contributed by atoms with E-state index >= 15 is 0 Å². The second kappa shape index (κ2) is 7.31. The molecule has 3 saturated carbocycles. The van der Waals surface area contributed by atoms with Crippen molar-refractivity contribution < 1.29 is 23.4 Å². The van der Waals surface area contributed by atoms with E-state index in [-0.39, 0.29) is 28.1 Å². The second-order valence-corrected chi connectivity index (χ2v) is 8.77. The van der Waals surface area contributed by atoms with Crippen LogP contribution in [0.5, 0.6) is 5.88 Å². The fraction of sp³-hybridized carbons (Fsp3) is 0.409. The maximum absolute atomic E-state index is 14.6. The van der Waals surface area contributed by atoms with Gasteiger partial charge in [-0.3, -0.25) is 4.79 Å². The SMILES string of the molecule is N#Cc1cnc(OCC23CC(C(=O)N4N=CC[C@H]4c4cc(F)c(CO)cc4F)(C2)C3)cn1. The van der Waals surface area contributed by atoms with E-state index in [1.54, 1.807) is 0 Å². The lowest BCUT2D eigenvalue weighted by Crippen LogP contribution is -2.69. The van der Waals surface area contributed by atoms with Crippen molar-refractivity contribution in [2.75, 3.05) is 6.61 Å². The van der Waals surface area contributed by atoms with Crippen molar-refractivity contribution in [2.45, 2.75) is 38.3 Å². The fourth-order valence-corrected chi connectivity index (χ4v) is 5.14. The van der Waals surface area contributed by atoms with Gasteiger partial charge in [-0.2, -0.15) is 10.4 Å². The lowest BCUT2D eigenvalue weighted by molar-refractivity contribution is -0.227. The number of carbonyl (C=O) groups excluding carboxylic acids is 1. The van der Waals surface area contributed by atoms with Gasteiger partial charge in [-0.05, 0) is 31.4 Å². The lowest BCUT2D eigenvalue weighted by atomic mass is 9.35. The fourth-order valence-electron chi connectivity index (χ4n) is 5.14. The minimum atomic E-state index is -0.712.